The van der Waals surface area contributed by atoms with E-state index in [1.54, 1.807) is 25.8 Å². The van der Waals surface area contributed by atoms with E-state index in [2.05, 4.69) is 10.3 Å². The molecule has 0 saturated carbocycles. The Balaban J connectivity index is 1.59. The molecule has 11 heteroatoms. The van der Waals surface area contributed by atoms with E-state index in [0.717, 1.165) is 10.1 Å². The van der Waals surface area contributed by atoms with Crippen LogP contribution >= 0.6 is 0 Å². The zero-order valence-corrected chi connectivity index (χ0v) is 20.2. The number of aryl methyl sites for hydroxylation is 2. The summed E-state index contributed by atoms with van der Waals surface area (Å²) in [7, 11) is 6.18. The smallest absolute Gasteiger partial charge is 0.332 e. The number of fused-ring (bicyclic) bond motifs is 1. The largest absolute Gasteiger partial charge is 0.493 e. The quantitative estimate of drug-likeness (QED) is 0.415. The Morgan fingerprint density at radius 1 is 1.12 bits per heavy atom. The summed E-state index contributed by atoms with van der Waals surface area (Å²) in [5.41, 5.74) is 0.724. The first-order valence-electron chi connectivity index (χ1n) is 11.0. The monoisotopic (exact) mass is 473 g/mol. The summed E-state index contributed by atoms with van der Waals surface area (Å²) >= 11 is 0. The SMILES string of the molecule is COCCOc1ccc(C(C)NC(=O)CCCn2cnc3c2c(=O)n(C)c(=O)n3C)cc1OC. The molecular formula is C23H31N5O6. The number of nitrogens with zero attached hydrogens (tertiary/aromatic N) is 4. The van der Waals surface area contributed by atoms with E-state index >= 15 is 0 Å². The number of carbonyl (C=O) groups excluding carboxylic acids is 1. The Labute approximate surface area is 196 Å². The lowest BCUT2D eigenvalue weighted by Crippen LogP contribution is -2.37. The van der Waals surface area contributed by atoms with Crippen molar-refractivity contribution in [3.8, 4) is 11.5 Å². The number of methoxy groups -OCH3 is 2. The van der Waals surface area contributed by atoms with Gasteiger partial charge in [-0.15, -0.1) is 0 Å². The summed E-state index contributed by atoms with van der Waals surface area (Å²) in [4.78, 5) is 41.3. The van der Waals surface area contributed by atoms with Crippen LogP contribution in [0.1, 0.15) is 31.4 Å². The van der Waals surface area contributed by atoms with Crippen molar-refractivity contribution in [1.29, 1.82) is 0 Å². The van der Waals surface area contributed by atoms with E-state index < -0.39 is 11.2 Å². The zero-order valence-electron chi connectivity index (χ0n) is 20.2. The molecule has 2 heterocycles. The average molecular weight is 474 g/mol. The fourth-order valence-electron chi connectivity index (χ4n) is 3.68. The molecule has 1 N–H and O–H groups in total. The van der Waals surface area contributed by atoms with Crippen LogP contribution in [0.4, 0.5) is 0 Å². The van der Waals surface area contributed by atoms with Crippen molar-refractivity contribution in [2.75, 3.05) is 27.4 Å². The van der Waals surface area contributed by atoms with E-state index in [9.17, 15) is 14.4 Å². The highest BCUT2D eigenvalue weighted by atomic mass is 16.5. The minimum atomic E-state index is -0.428. The Morgan fingerprint density at radius 3 is 2.59 bits per heavy atom. The molecule has 3 rings (SSSR count). The molecule has 0 radical (unpaired) electrons. The molecule has 0 aliphatic carbocycles. The van der Waals surface area contributed by atoms with E-state index in [4.69, 9.17) is 14.2 Å². The third-order valence-corrected chi connectivity index (χ3v) is 5.63. The third kappa shape index (κ3) is 5.30. The van der Waals surface area contributed by atoms with Crippen LogP contribution < -0.4 is 26.0 Å². The van der Waals surface area contributed by atoms with Gasteiger partial charge in [0.2, 0.25) is 5.91 Å². The molecule has 0 aliphatic rings. The molecule has 1 unspecified atom stereocenters. The van der Waals surface area contributed by atoms with Crippen LogP contribution in [0.15, 0.2) is 34.1 Å². The Kier molecular flexibility index (Phi) is 8.11. The predicted octanol–water partition coefficient (Wildman–Crippen LogP) is 1.13. The van der Waals surface area contributed by atoms with Crippen molar-refractivity contribution in [3.63, 3.8) is 0 Å². The number of imidazole rings is 1. The summed E-state index contributed by atoms with van der Waals surface area (Å²) in [6.07, 6.45) is 2.30. The summed E-state index contributed by atoms with van der Waals surface area (Å²) in [5, 5.41) is 2.98. The average Bonchev–Trinajstić information content (AvgIpc) is 3.25. The van der Waals surface area contributed by atoms with Gasteiger partial charge in [0.1, 0.15) is 6.61 Å². The van der Waals surface area contributed by atoms with Crippen LogP contribution in [-0.4, -0.2) is 52.0 Å². The maximum Gasteiger partial charge on any atom is 0.332 e. The van der Waals surface area contributed by atoms with Gasteiger partial charge in [0.15, 0.2) is 22.7 Å². The number of hydrogen-bond donors (Lipinski definition) is 1. The van der Waals surface area contributed by atoms with Gasteiger partial charge < -0.3 is 24.1 Å². The number of benzene rings is 1. The summed E-state index contributed by atoms with van der Waals surface area (Å²) < 4.78 is 20.1. The fourth-order valence-corrected chi connectivity index (χ4v) is 3.68. The lowest BCUT2D eigenvalue weighted by molar-refractivity contribution is -0.121. The highest BCUT2D eigenvalue weighted by molar-refractivity contribution is 5.76. The first kappa shape index (κ1) is 25.0. The normalized spacial score (nSPS) is 12.0. The molecule has 1 amide bonds. The second-order valence-electron chi connectivity index (χ2n) is 7.96. The Morgan fingerprint density at radius 2 is 1.88 bits per heavy atom. The van der Waals surface area contributed by atoms with Crippen LogP contribution in [0.2, 0.25) is 0 Å². The first-order chi connectivity index (χ1) is 16.3. The van der Waals surface area contributed by atoms with E-state index in [1.807, 2.05) is 25.1 Å². The zero-order chi connectivity index (χ0) is 24.8. The van der Waals surface area contributed by atoms with Crippen molar-refractivity contribution < 1.29 is 19.0 Å². The third-order valence-electron chi connectivity index (χ3n) is 5.63. The number of amides is 1. The number of aromatic nitrogens is 4. The highest BCUT2D eigenvalue weighted by Gasteiger charge is 2.16. The lowest BCUT2D eigenvalue weighted by atomic mass is 10.1. The first-order valence-corrected chi connectivity index (χ1v) is 11.0. The number of hydrogen-bond acceptors (Lipinski definition) is 7. The van der Waals surface area contributed by atoms with Crippen LogP contribution in [0.5, 0.6) is 11.5 Å². The predicted molar refractivity (Wildman–Crippen MR) is 126 cm³/mol. The molecule has 2 aromatic heterocycles. The second-order valence-corrected chi connectivity index (χ2v) is 7.96. The van der Waals surface area contributed by atoms with Crippen molar-refractivity contribution in [1.82, 2.24) is 24.0 Å². The van der Waals surface area contributed by atoms with Crippen molar-refractivity contribution in [3.05, 3.63) is 50.9 Å². The van der Waals surface area contributed by atoms with E-state index in [-0.39, 0.29) is 18.4 Å². The highest BCUT2D eigenvalue weighted by Crippen LogP contribution is 2.30. The van der Waals surface area contributed by atoms with Gasteiger partial charge in [0.05, 0.1) is 26.1 Å². The van der Waals surface area contributed by atoms with Gasteiger partial charge in [-0.1, -0.05) is 6.07 Å². The summed E-state index contributed by atoms with van der Waals surface area (Å²) in [5.74, 6) is 1.08. The van der Waals surface area contributed by atoms with Crippen LogP contribution in [0.25, 0.3) is 11.2 Å². The second kappa shape index (κ2) is 11.0. The summed E-state index contributed by atoms with van der Waals surface area (Å²) in [6.45, 7) is 3.20. The molecule has 3 aromatic rings. The van der Waals surface area contributed by atoms with Gasteiger partial charge in [-0.25, -0.2) is 9.78 Å². The molecule has 1 atom stereocenters. The minimum Gasteiger partial charge on any atom is -0.493 e. The molecule has 184 valence electrons. The molecule has 0 spiro atoms. The van der Waals surface area contributed by atoms with Gasteiger partial charge in [-0.05, 0) is 31.0 Å². The lowest BCUT2D eigenvalue weighted by Gasteiger charge is -2.17. The fraction of sp³-hybridized carbons (Fsp3) is 0.478. The van der Waals surface area contributed by atoms with Crippen molar-refractivity contribution >= 4 is 17.1 Å². The maximum absolute atomic E-state index is 12.5. The molecule has 0 bridgehead atoms. The molecular weight excluding hydrogens is 442 g/mol. The van der Waals surface area contributed by atoms with Crippen LogP contribution in [-0.2, 0) is 30.2 Å². The molecule has 0 saturated heterocycles. The van der Waals surface area contributed by atoms with E-state index in [0.29, 0.717) is 48.8 Å². The van der Waals surface area contributed by atoms with Crippen LogP contribution in [0.3, 0.4) is 0 Å². The van der Waals surface area contributed by atoms with Crippen molar-refractivity contribution in [2.24, 2.45) is 14.1 Å². The van der Waals surface area contributed by atoms with Crippen LogP contribution in [0, 0.1) is 0 Å². The van der Waals surface area contributed by atoms with Gasteiger partial charge in [-0.2, -0.15) is 0 Å². The number of rotatable bonds is 11. The van der Waals surface area contributed by atoms with Gasteiger partial charge >= 0.3 is 5.69 Å². The number of carbonyl (C=O) groups is 1. The molecule has 0 fully saturated rings. The number of ether oxygens (including phenoxy) is 3. The van der Waals surface area contributed by atoms with E-state index in [1.165, 1.54) is 17.9 Å². The minimum absolute atomic E-state index is 0.114. The standard InChI is InChI=1S/C23H31N5O6/c1-15(16-8-9-17(18(13-16)33-5)34-12-11-32-4)25-19(29)7-6-10-28-14-24-21-20(28)22(30)27(3)23(31)26(21)2/h8-9,13-15H,6-7,10-12H2,1-5H3,(H,25,29). The maximum atomic E-state index is 12.5. The van der Waals surface area contributed by atoms with Crippen molar-refractivity contribution in [2.45, 2.75) is 32.4 Å². The molecule has 0 aliphatic heterocycles. The molecule has 11 nitrogen and oxygen atoms in total. The van der Waals surface area contributed by atoms with Gasteiger partial charge in [0, 0.05) is 34.2 Å². The van der Waals surface area contributed by atoms with Gasteiger partial charge in [-0.3, -0.25) is 18.7 Å². The topological polar surface area (TPSA) is 119 Å². The number of nitrogens with one attached hydrogen (secondary N) is 1. The Bertz CT molecular complexity index is 1280. The molecule has 34 heavy (non-hydrogen) atoms. The Hall–Kier alpha value is -3.60. The van der Waals surface area contributed by atoms with Gasteiger partial charge in [0.25, 0.3) is 5.56 Å². The molecule has 1 aromatic carbocycles. The summed E-state index contributed by atoms with van der Waals surface area (Å²) in [6, 6.07) is 5.30.